The lowest BCUT2D eigenvalue weighted by molar-refractivity contribution is -0.384. The third-order valence-corrected chi connectivity index (χ3v) is 3.22. The first-order valence-corrected chi connectivity index (χ1v) is 6.86. The van der Waals surface area contributed by atoms with Gasteiger partial charge in [0.25, 0.3) is 5.69 Å². The minimum absolute atomic E-state index is 0.00354. The van der Waals surface area contributed by atoms with Crippen molar-refractivity contribution in [2.24, 2.45) is 0 Å². The number of nitro groups is 1. The normalized spacial score (nSPS) is 22.8. The fourth-order valence-corrected chi connectivity index (χ4v) is 2.48. The summed E-state index contributed by atoms with van der Waals surface area (Å²) in [7, 11) is 0. The van der Waals surface area contributed by atoms with Crippen molar-refractivity contribution in [2.75, 3.05) is 25.0 Å². The van der Waals surface area contributed by atoms with Gasteiger partial charge in [-0.15, -0.1) is 0 Å². The van der Waals surface area contributed by atoms with Gasteiger partial charge in [-0.3, -0.25) is 19.8 Å². The second kappa shape index (κ2) is 6.64. The summed E-state index contributed by atoms with van der Waals surface area (Å²) in [6, 6.07) is 5.80. The number of morpholine rings is 1. The first kappa shape index (κ1) is 15.4. The quantitative estimate of drug-likeness (QED) is 0.674. The van der Waals surface area contributed by atoms with Gasteiger partial charge in [-0.2, -0.15) is 0 Å². The number of carbonyl (C=O) groups is 1. The highest BCUT2D eigenvalue weighted by Crippen LogP contribution is 2.16. The molecule has 1 saturated heterocycles. The average molecular weight is 293 g/mol. The Kier molecular flexibility index (Phi) is 4.87. The zero-order valence-electron chi connectivity index (χ0n) is 12.1. The lowest BCUT2D eigenvalue weighted by Gasteiger charge is -2.34. The standard InChI is InChI=1S/C14H19N3O4/c1-10-7-16(8-11(2)21-10)9-14(18)15-12-3-5-13(6-4-12)17(19)20/h3-6,10-11H,7-9H2,1-2H3,(H,15,18)/t10-,11+. The van der Waals surface area contributed by atoms with Crippen LogP contribution in [-0.2, 0) is 9.53 Å². The van der Waals surface area contributed by atoms with Crippen LogP contribution in [0.5, 0.6) is 0 Å². The number of nitro benzene ring substituents is 1. The van der Waals surface area contributed by atoms with E-state index in [4.69, 9.17) is 4.74 Å². The number of nitrogens with one attached hydrogen (secondary N) is 1. The third kappa shape index (κ3) is 4.51. The SMILES string of the molecule is C[C@@H]1CN(CC(=O)Nc2ccc([N+](=O)[O-])cc2)C[C@H](C)O1. The van der Waals surface area contributed by atoms with Crippen LogP contribution in [-0.4, -0.2) is 47.6 Å². The van der Waals surface area contributed by atoms with Gasteiger partial charge in [0.05, 0.1) is 23.7 Å². The number of carbonyl (C=O) groups excluding carboxylic acids is 1. The number of ether oxygens (including phenoxy) is 1. The summed E-state index contributed by atoms with van der Waals surface area (Å²) in [5.41, 5.74) is 0.559. The Morgan fingerprint density at radius 3 is 2.43 bits per heavy atom. The number of benzene rings is 1. The van der Waals surface area contributed by atoms with Crippen molar-refractivity contribution in [2.45, 2.75) is 26.1 Å². The number of hydrogen-bond acceptors (Lipinski definition) is 5. The van der Waals surface area contributed by atoms with E-state index < -0.39 is 4.92 Å². The van der Waals surface area contributed by atoms with Gasteiger partial charge in [-0.25, -0.2) is 0 Å². The molecule has 0 aromatic heterocycles. The number of amides is 1. The molecule has 0 radical (unpaired) electrons. The van der Waals surface area contributed by atoms with Gasteiger partial charge in [0.2, 0.25) is 5.91 Å². The molecule has 7 heteroatoms. The predicted molar refractivity (Wildman–Crippen MR) is 78.2 cm³/mol. The van der Waals surface area contributed by atoms with Gasteiger partial charge in [0.15, 0.2) is 0 Å². The number of anilines is 1. The highest BCUT2D eigenvalue weighted by atomic mass is 16.6. The number of non-ortho nitro benzene ring substituents is 1. The molecule has 0 spiro atoms. The second-order valence-electron chi connectivity index (χ2n) is 5.30. The zero-order valence-corrected chi connectivity index (χ0v) is 12.1. The second-order valence-corrected chi connectivity index (χ2v) is 5.30. The van der Waals surface area contributed by atoms with Crippen LogP contribution in [0.25, 0.3) is 0 Å². The van der Waals surface area contributed by atoms with Crippen molar-refractivity contribution < 1.29 is 14.5 Å². The zero-order chi connectivity index (χ0) is 15.4. The molecule has 0 saturated carbocycles. The van der Waals surface area contributed by atoms with E-state index in [0.717, 1.165) is 13.1 Å². The van der Waals surface area contributed by atoms with Crippen LogP contribution in [0.1, 0.15) is 13.8 Å². The Hall–Kier alpha value is -1.99. The maximum Gasteiger partial charge on any atom is 0.269 e. The van der Waals surface area contributed by atoms with Crippen LogP contribution >= 0.6 is 0 Å². The molecule has 7 nitrogen and oxygen atoms in total. The van der Waals surface area contributed by atoms with E-state index in [-0.39, 0.29) is 30.3 Å². The van der Waals surface area contributed by atoms with Crippen LogP contribution in [0.15, 0.2) is 24.3 Å². The number of nitrogens with zero attached hydrogens (tertiary/aromatic N) is 2. The van der Waals surface area contributed by atoms with E-state index in [2.05, 4.69) is 5.32 Å². The monoisotopic (exact) mass is 293 g/mol. The summed E-state index contributed by atoms with van der Waals surface area (Å²) in [5, 5.41) is 13.3. The molecular formula is C14H19N3O4. The smallest absolute Gasteiger partial charge is 0.269 e. The van der Waals surface area contributed by atoms with Crippen LogP contribution in [0.4, 0.5) is 11.4 Å². The van der Waals surface area contributed by atoms with Crippen molar-refractivity contribution in [3.63, 3.8) is 0 Å². The van der Waals surface area contributed by atoms with Crippen molar-refractivity contribution in [1.29, 1.82) is 0 Å². The minimum atomic E-state index is -0.470. The van der Waals surface area contributed by atoms with Crippen molar-refractivity contribution >= 4 is 17.3 Å². The highest BCUT2D eigenvalue weighted by Gasteiger charge is 2.23. The molecular weight excluding hydrogens is 274 g/mol. The lowest BCUT2D eigenvalue weighted by atomic mass is 10.2. The fraction of sp³-hybridized carbons (Fsp3) is 0.500. The molecule has 114 valence electrons. The van der Waals surface area contributed by atoms with Gasteiger partial charge < -0.3 is 10.1 Å². The molecule has 1 aliphatic rings. The summed E-state index contributed by atoms with van der Waals surface area (Å²) in [4.78, 5) is 24.1. The largest absolute Gasteiger partial charge is 0.373 e. The Morgan fingerprint density at radius 1 is 1.33 bits per heavy atom. The van der Waals surface area contributed by atoms with Crippen LogP contribution < -0.4 is 5.32 Å². The molecule has 1 aromatic carbocycles. The van der Waals surface area contributed by atoms with Gasteiger partial charge in [0.1, 0.15) is 0 Å². The van der Waals surface area contributed by atoms with E-state index in [1.165, 1.54) is 24.3 Å². The maximum absolute atomic E-state index is 12.0. The average Bonchev–Trinajstić information content (AvgIpc) is 2.37. The molecule has 2 atom stereocenters. The third-order valence-electron chi connectivity index (χ3n) is 3.22. The Balaban J connectivity index is 1.88. The first-order valence-electron chi connectivity index (χ1n) is 6.86. The molecule has 21 heavy (non-hydrogen) atoms. The van der Waals surface area contributed by atoms with Gasteiger partial charge >= 0.3 is 0 Å². The molecule has 1 amide bonds. The summed E-state index contributed by atoms with van der Waals surface area (Å²) >= 11 is 0. The van der Waals surface area contributed by atoms with Crippen LogP contribution in [0, 0.1) is 10.1 Å². The molecule has 0 bridgehead atoms. The molecule has 0 unspecified atom stereocenters. The Bertz CT molecular complexity index is 507. The Labute approximate surface area is 123 Å². The summed E-state index contributed by atoms with van der Waals surface area (Å²) in [6.07, 6.45) is 0.224. The van der Waals surface area contributed by atoms with Crippen molar-refractivity contribution in [1.82, 2.24) is 4.90 Å². The molecule has 1 fully saturated rings. The lowest BCUT2D eigenvalue weighted by Crippen LogP contribution is -2.48. The van der Waals surface area contributed by atoms with E-state index in [0.29, 0.717) is 5.69 Å². The highest BCUT2D eigenvalue weighted by molar-refractivity contribution is 5.92. The number of rotatable bonds is 4. The molecule has 1 aromatic rings. The predicted octanol–water partition coefficient (Wildman–Crippen LogP) is 1.64. The number of hydrogen-bond donors (Lipinski definition) is 1. The first-order chi connectivity index (χ1) is 9.94. The van der Waals surface area contributed by atoms with E-state index in [9.17, 15) is 14.9 Å². The molecule has 1 heterocycles. The molecule has 1 N–H and O–H groups in total. The Morgan fingerprint density at radius 2 is 1.90 bits per heavy atom. The molecule has 2 rings (SSSR count). The fourth-order valence-electron chi connectivity index (χ4n) is 2.48. The van der Waals surface area contributed by atoms with Crippen LogP contribution in [0.2, 0.25) is 0 Å². The van der Waals surface area contributed by atoms with E-state index in [1.807, 2.05) is 18.7 Å². The minimum Gasteiger partial charge on any atom is -0.373 e. The maximum atomic E-state index is 12.0. The van der Waals surface area contributed by atoms with E-state index in [1.54, 1.807) is 0 Å². The van der Waals surface area contributed by atoms with Crippen molar-refractivity contribution in [3.05, 3.63) is 34.4 Å². The summed E-state index contributed by atoms with van der Waals surface area (Å²) < 4.78 is 5.61. The molecule has 1 aliphatic heterocycles. The molecule has 0 aliphatic carbocycles. The summed E-state index contributed by atoms with van der Waals surface area (Å²) in [6.45, 7) is 5.69. The van der Waals surface area contributed by atoms with Crippen molar-refractivity contribution in [3.8, 4) is 0 Å². The van der Waals surface area contributed by atoms with Crippen LogP contribution in [0.3, 0.4) is 0 Å². The van der Waals surface area contributed by atoms with Gasteiger partial charge in [0, 0.05) is 30.9 Å². The van der Waals surface area contributed by atoms with Gasteiger partial charge in [-0.1, -0.05) is 0 Å². The van der Waals surface area contributed by atoms with Gasteiger partial charge in [-0.05, 0) is 26.0 Å². The summed E-state index contributed by atoms with van der Waals surface area (Å²) in [5.74, 6) is -0.134. The topological polar surface area (TPSA) is 84.7 Å². The van der Waals surface area contributed by atoms with E-state index >= 15 is 0 Å².